The lowest BCUT2D eigenvalue weighted by atomic mass is 10.2. The van der Waals surface area contributed by atoms with E-state index in [4.69, 9.17) is 4.74 Å². The van der Waals surface area contributed by atoms with Gasteiger partial charge in [0.2, 0.25) is 10.0 Å². The minimum absolute atomic E-state index is 0.0347. The van der Waals surface area contributed by atoms with Gasteiger partial charge in [0.05, 0.1) is 16.9 Å². The maximum absolute atomic E-state index is 13.1. The van der Waals surface area contributed by atoms with Crippen LogP contribution in [0.2, 0.25) is 0 Å². The van der Waals surface area contributed by atoms with Crippen LogP contribution < -0.4 is 4.74 Å². The van der Waals surface area contributed by atoms with E-state index >= 15 is 0 Å². The third kappa shape index (κ3) is 5.65. The van der Waals surface area contributed by atoms with Crippen LogP contribution in [-0.4, -0.2) is 62.4 Å². The van der Waals surface area contributed by atoms with Crippen molar-refractivity contribution in [3.8, 4) is 5.75 Å². The molecule has 0 saturated carbocycles. The fourth-order valence-electron chi connectivity index (χ4n) is 2.63. The number of likely N-dealkylation sites (N-methyl/N-ethyl adjacent to an activating group) is 1. The first-order chi connectivity index (χ1) is 12.2. The number of methoxy groups -OCH3 is 1. The van der Waals surface area contributed by atoms with E-state index in [-0.39, 0.29) is 22.3 Å². The van der Waals surface area contributed by atoms with Crippen molar-refractivity contribution in [1.29, 1.82) is 0 Å². The molecule has 0 spiro atoms. The van der Waals surface area contributed by atoms with Gasteiger partial charge in [0.1, 0.15) is 0 Å². The van der Waals surface area contributed by atoms with Crippen molar-refractivity contribution < 1.29 is 18.1 Å². The highest BCUT2D eigenvalue weighted by Gasteiger charge is 2.28. The molecule has 0 unspecified atom stereocenters. The summed E-state index contributed by atoms with van der Waals surface area (Å²) in [6.07, 6.45) is 0. The van der Waals surface area contributed by atoms with Gasteiger partial charge in [0.25, 0.3) is 0 Å². The predicted octanol–water partition coefficient (Wildman–Crippen LogP) is 2.59. The van der Waals surface area contributed by atoms with Crippen molar-refractivity contribution in [3.05, 3.63) is 28.3 Å². The van der Waals surface area contributed by atoms with Gasteiger partial charge in [0.15, 0.2) is 5.75 Å². The molecule has 8 nitrogen and oxygen atoms in total. The average Bonchev–Trinajstić information content (AvgIpc) is 2.60. The number of ether oxygens (including phenoxy) is 1. The Kier molecular flexibility index (Phi) is 8.45. The van der Waals surface area contributed by atoms with Crippen molar-refractivity contribution in [2.45, 2.75) is 32.6 Å². The molecule has 0 atom stereocenters. The molecule has 0 bridgehead atoms. The van der Waals surface area contributed by atoms with Crippen molar-refractivity contribution >= 4 is 15.7 Å². The summed E-state index contributed by atoms with van der Waals surface area (Å²) in [6, 6.07) is 3.74. The zero-order valence-corrected chi connectivity index (χ0v) is 17.0. The molecule has 0 heterocycles. The normalized spacial score (nSPS) is 12.2. The van der Waals surface area contributed by atoms with Gasteiger partial charge >= 0.3 is 5.69 Å². The summed E-state index contributed by atoms with van der Waals surface area (Å²) in [6.45, 7) is 10.9. The van der Waals surface area contributed by atoms with Crippen LogP contribution in [0.15, 0.2) is 23.1 Å². The number of hydrogen-bond donors (Lipinski definition) is 0. The lowest BCUT2D eigenvalue weighted by molar-refractivity contribution is -0.386. The predicted molar refractivity (Wildman–Crippen MR) is 101 cm³/mol. The number of nitro benzene ring substituents is 1. The number of sulfonamides is 1. The molecule has 26 heavy (non-hydrogen) atoms. The van der Waals surface area contributed by atoms with Crippen LogP contribution in [0.1, 0.15) is 27.7 Å². The van der Waals surface area contributed by atoms with E-state index in [9.17, 15) is 18.5 Å². The van der Waals surface area contributed by atoms with E-state index in [1.54, 1.807) is 0 Å². The fraction of sp³-hybridized carbons (Fsp3) is 0.647. The van der Waals surface area contributed by atoms with Crippen LogP contribution in [0.5, 0.6) is 5.75 Å². The first-order valence-corrected chi connectivity index (χ1v) is 10.2. The molecule has 0 aliphatic carbocycles. The van der Waals surface area contributed by atoms with Crippen LogP contribution >= 0.6 is 0 Å². The molecule has 0 N–H and O–H groups in total. The second kappa shape index (κ2) is 9.84. The molecule has 0 fully saturated rings. The van der Waals surface area contributed by atoms with Gasteiger partial charge in [0, 0.05) is 25.7 Å². The molecule has 0 saturated heterocycles. The monoisotopic (exact) mass is 387 g/mol. The van der Waals surface area contributed by atoms with Gasteiger partial charge in [-0.2, -0.15) is 4.31 Å². The minimum Gasteiger partial charge on any atom is -0.490 e. The van der Waals surface area contributed by atoms with E-state index in [1.807, 2.05) is 27.7 Å². The third-order valence-corrected chi connectivity index (χ3v) is 5.97. The topological polar surface area (TPSA) is 93.0 Å². The summed E-state index contributed by atoms with van der Waals surface area (Å²) in [7, 11) is -2.53. The molecule has 1 aromatic rings. The van der Waals surface area contributed by atoms with Gasteiger partial charge in [-0.15, -0.1) is 0 Å². The summed E-state index contributed by atoms with van der Waals surface area (Å²) in [5, 5.41) is 11.2. The fourth-order valence-corrected chi connectivity index (χ4v) is 4.25. The van der Waals surface area contributed by atoms with Crippen LogP contribution in [-0.2, 0) is 10.0 Å². The van der Waals surface area contributed by atoms with Gasteiger partial charge in [-0.1, -0.05) is 27.7 Å². The van der Waals surface area contributed by atoms with E-state index < -0.39 is 14.9 Å². The van der Waals surface area contributed by atoms with Crippen LogP contribution in [0.3, 0.4) is 0 Å². The van der Waals surface area contributed by atoms with E-state index in [2.05, 4.69) is 4.90 Å². The molecule has 0 radical (unpaired) electrons. The second-order valence-corrected chi connectivity index (χ2v) is 8.31. The second-order valence-electron chi connectivity index (χ2n) is 6.37. The molecule has 0 amide bonds. The Balaban J connectivity index is 3.22. The van der Waals surface area contributed by atoms with Crippen LogP contribution in [0.4, 0.5) is 5.69 Å². The summed E-state index contributed by atoms with van der Waals surface area (Å²) in [4.78, 5) is 12.6. The van der Waals surface area contributed by atoms with Crippen molar-refractivity contribution in [3.63, 3.8) is 0 Å². The molecular formula is C17H29N3O5S. The van der Waals surface area contributed by atoms with Gasteiger partial charge in [-0.05, 0) is 31.1 Å². The molecule has 0 aliphatic rings. The first-order valence-electron chi connectivity index (χ1n) is 8.72. The largest absolute Gasteiger partial charge is 0.490 e. The standard InChI is InChI=1S/C17H29N3O5S/c1-6-18(7-2)10-11-19(13-14(3)4)26(23,24)15-8-9-17(25-5)16(12-15)20(21)22/h8-9,12,14H,6-7,10-11,13H2,1-5H3. The highest BCUT2D eigenvalue weighted by molar-refractivity contribution is 7.89. The maximum Gasteiger partial charge on any atom is 0.312 e. The maximum atomic E-state index is 13.1. The minimum atomic E-state index is -3.84. The lowest BCUT2D eigenvalue weighted by Crippen LogP contribution is -2.40. The number of hydrogen-bond acceptors (Lipinski definition) is 6. The first kappa shape index (κ1) is 22.3. The molecule has 9 heteroatoms. The Hall–Kier alpha value is -1.71. The molecule has 0 aromatic heterocycles. The van der Waals surface area contributed by atoms with Gasteiger partial charge in [-0.3, -0.25) is 10.1 Å². The summed E-state index contributed by atoms with van der Waals surface area (Å²) in [5.41, 5.74) is -0.359. The van der Waals surface area contributed by atoms with Crippen molar-refractivity contribution in [1.82, 2.24) is 9.21 Å². The van der Waals surface area contributed by atoms with Gasteiger partial charge < -0.3 is 9.64 Å². The van der Waals surface area contributed by atoms with E-state index in [0.717, 1.165) is 19.2 Å². The molecule has 1 rings (SSSR count). The third-order valence-electron chi connectivity index (χ3n) is 4.11. The summed E-state index contributed by atoms with van der Waals surface area (Å²) in [5.74, 6) is 0.169. The van der Waals surface area contributed by atoms with E-state index in [0.29, 0.717) is 19.6 Å². The Morgan fingerprint density at radius 3 is 2.27 bits per heavy atom. The average molecular weight is 388 g/mol. The Morgan fingerprint density at radius 1 is 1.19 bits per heavy atom. The van der Waals surface area contributed by atoms with Crippen LogP contribution in [0, 0.1) is 16.0 Å². The zero-order chi connectivity index (χ0) is 19.9. The van der Waals surface area contributed by atoms with Crippen molar-refractivity contribution in [2.24, 2.45) is 5.92 Å². The quantitative estimate of drug-likeness (QED) is 0.428. The van der Waals surface area contributed by atoms with Crippen molar-refractivity contribution in [2.75, 3.05) is 39.8 Å². The molecular weight excluding hydrogens is 358 g/mol. The van der Waals surface area contributed by atoms with Crippen LogP contribution in [0.25, 0.3) is 0 Å². The lowest BCUT2D eigenvalue weighted by Gasteiger charge is -2.27. The zero-order valence-electron chi connectivity index (χ0n) is 16.1. The number of rotatable bonds is 11. The van der Waals surface area contributed by atoms with E-state index in [1.165, 1.54) is 23.5 Å². The SMILES string of the molecule is CCN(CC)CCN(CC(C)C)S(=O)(=O)c1ccc(OC)c([N+](=O)[O-])c1. The Morgan fingerprint density at radius 2 is 1.81 bits per heavy atom. The molecule has 148 valence electrons. The number of benzene rings is 1. The smallest absolute Gasteiger partial charge is 0.312 e. The molecule has 1 aromatic carbocycles. The highest BCUT2D eigenvalue weighted by Crippen LogP contribution is 2.30. The summed E-state index contributed by atoms with van der Waals surface area (Å²) >= 11 is 0. The Labute approximate surface area is 155 Å². The van der Waals surface area contributed by atoms with Gasteiger partial charge in [-0.25, -0.2) is 8.42 Å². The number of nitro groups is 1. The Bertz CT molecular complexity index is 702. The highest BCUT2D eigenvalue weighted by atomic mass is 32.2. The number of nitrogens with zero attached hydrogens (tertiary/aromatic N) is 3. The summed E-state index contributed by atoms with van der Waals surface area (Å²) < 4.78 is 32.5. The molecule has 0 aliphatic heterocycles.